The molecule has 2 heterocycles. The van der Waals surface area contributed by atoms with Gasteiger partial charge in [0.25, 0.3) is 5.91 Å². The van der Waals surface area contributed by atoms with E-state index in [2.05, 4.69) is 28.7 Å². The van der Waals surface area contributed by atoms with Crippen LogP contribution in [-0.2, 0) is 0 Å². The molecule has 1 aliphatic heterocycles. The second-order valence-corrected chi connectivity index (χ2v) is 5.89. The number of piperidine rings is 1. The maximum atomic E-state index is 12.3. The average Bonchev–Trinajstić information content (AvgIpc) is 2.46. The molecule has 1 aromatic rings. The maximum absolute atomic E-state index is 12.3. The number of likely N-dealkylation sites (tertiary alicyclic amines) is 1. The molecule has 1 aromatic heterocycles. The van der Waals surface area contributed by atoms with E-state index in [0.717, 1.165) is 25.9 Å². The summed E-state index contributed by atoms with van der Waals surface area (Å²) in [6, 6.07) is 0.842. The zero-order chi connectivity index (χ0) is 14.7. The normalized spacial score (nSPS) is 17.4. The van der Waals surface area contributed by atoms with Crippen molar-refractivity contribution in [3.8, 4) is 0 Å². The van der Waals surface area contributed by atoms with Crippen LogP contribution in [0, 0.1) is 0 Å². The lowest BCUT2D eigenvalue weighted by Crippen LogP contribution is -2.47. The smallest absolute Gasteiger partial charge is 0.274 e. The molecule has 1 fully saturated rings. The first-order valence-electron chi connectivity index (χ1n) is 6.97. The molecule has 6 heteroatoms. The predicted molar refractivity (Wildman–Crippen MR) is 78.9 cm³/mol. The van der Waals surface area contributed by atoms with Gasteiger partial charge in [0.1, 0.15) is 10.8 Å². The minimum Gasteiger partial charge on any atom is -0.337 e. The van der Waals surface area contributed by atoms with Crippen molar-refractivity contribution < 1.29 is 4.79 Å². The molecule has 0 N–H and O–H groups in total. The molecule has 1 aliphatic rings. The van der Waals surface area contributed by atoms with E-state index < -0.39 is 0 Å². The zero-order valence-corrected chi connectivity index (χ0v) is 13.0. The zero-order valence-electron chi connectivity index (χ0n) is 12.2. The first kappa shape index (κ1) is 15.2. The molecule has 1 saturated heterocycles. The van der Waals surface area contributed by atoms with Crippen molar-refractivity contribution in [2.45, 2.75) is 38.8 Å². The standard InChI is InChI=1S/C14H21ClN4O/c1-10(2)19-6-4-11(5-7-19)18(3)14(20)12-8-17-13(15)9-16-12/h8-11H,4-7H2,1-3H3. The molecule has 20 heavy (non-hydrogen) atoms. The molecule has 0 spiro atoms. The van der Waals surface area contributed by atoms with Crippen molar-refractivity contribution in [2.24, 2.45) is 0 Å². The summed E-state index contributed by atoms with van der Waals surface area (Å²) in [4.78, 5) is 24.5. The van der Waals surface area contributed by atoms with E-state index in [1.807, 2.05) is 7.05 Å². The summed E-state index contributed by atoms with van der Waals surface area (Å²) in [6.07, 6.45) is 4.84. The predicted octanol–water partition coefficient (Wildman–Crippen LogP) is 2.07. The van der Waals surface area contributed by atoms with E-state index in [-0.39, 0.29) is 11.9 Å². The molecular weight excluding hydrogens is 276 g/mol. The van der Waals surface area contributed by atoms with Crippen molar-refractivity contribution in [1.29, 1.82) is 0 Å². The molecule has 1 amide bonds. The SMILES string of the molecule is CC(C)N1CCC(N(C)C(=O)c2cnc(Cl)cn2)CC1. The monoisotopic (exact) mass is 296 g/mol. The van der Waals surface area contributed by atoms with Crippen molar-refractivity contribution in [2.75, 3.05) is 20.1 Å². The van der Waals surface area contributed by atoms with Gasteiger partial charge in [-0.3, -0.25) is 4.79 Å². The van der Waals surface area contributed by atoms with Crippen LogP contribution in [-0.4, -0.2) is 57.9 Å². The van der Waals surface area contributed by atoms with Crippen LogP contribution in [0.15, 0.2) is 12.4 Å². The van der Waals surface area contributed by atoms with Crippen molar-refractivity contribution in [3.05, 3.63) is 23.2 Å². The van der Waals surface area contributed by atoms with Crippen molar-refractivity contribution in [3.63, 3.8) is 0 Å². The van der Waals surface area contributed by atoms with Gasteiger partial charge in [0.05, 0.1) is 12.4 Å². The second kappa shape index (κ2) is 6.50. The van der Waals surface area contributed by atoms with Crippen LogP contribution >= 0.6 is 11.6 Å². The maximum Gasteiger partial charge on any atom is 0.274 e. The van der Waals surface area contributed by atoms with Crippen LogP contribution in [0.25, 0.3) is 0 Å². The van der Waals surface area contributed by atoms with Crippen LogP contribution in [0.5, 0.6) is 0 Å². The van der Waals surface area contributed by atoms with Gasteiger partial charge in [0, 0.05) is 32.2 Å². The lowest BCUT2D eigenvalue weighted by molar-refractivity contribution is 0.0609. The third-order valence-corrected chi connectivity index (χ3v) is 4.13. The molecule has 0 radical (unpaired) electrons. The van der Waals surface area contributed by atoms with Crippen LogP contribution in [0.1, 0.15) is 37.2 Å². The Kier molecular flexibility index (Phi) is 4.94. The number of hydrogen-bond donors (Lipinski definition) is 0. The number of rotatable bonds is 3. The lowest BCUT2D eigenvalue weighted by atomic mass is 10.0. The van der Waals surface area contributed by atoms with Gasteiger partial charge < -0.3 is 9.80 Å². The Bertz CT molecular complexity index is 455. The Morgan fingerprint density at radius 2 is 2.00 bits per heavy atom. The number of hydrogen-bond acceptors (Lipinski definition) is 4. The van der Waals surface area contributed by atoms with Gasteiger partial charge in [0.2, 0.25) is 0 Å². The van der Waals surface area contributed by atoms with E-state index in [0.29, 0.717) is 16.9 Å². The van der Waals surface area contributed by atoms with Crippen LogP contribution in [0.4, 0.5) is 0 Å². The number of carbonyl (C=O) groups is 1. The number of carbonyl (C=O) groups excluding carboxylic acids is 1. The summed E-state index contributed by atoms with van der Waals surface area (Å²) < 4.78 is 0. The minimum atomic E-state index is -0.0860. The van der Waals surface area contributed by atoms with E-state index >= 15 is 0 Å². The number of nitrogens with zero attached hydrogens (tertiary/aromatic N) is 4. The first-order chi connectivity index (χ1) is 9.49. The number of aromatic nitrogens is 2. The molecule has 110 valence electrons. The Labute approximate surface area is 124 Å². The third-order valence-electron chi connectivity index (χ3n) is 3.94. The Balaban J connectivity index is 1.96. The first-order valence-corrected chi connectivity index (χ1v) is 7.35. The van der Waals surface area contributed by atoms with Crippen molar-refractivity contribution >= 4 is 17.5 Å². The summed E-state index contributed by atoms with van der Waals surface area (Å²) in [7, 11) is 1.84. The quantitative estimate of drug-likeness (QED) is 0.857. The Morgan fingerprint density at radius 3 is 2.50 bits per heavy atom. The molecule has 0 atom stereocenters. The summed E-state index contributed by atoms with van der Waals surface area (Å²) in [5, 5.41) is 0.300. The van der Waals surface area contributed by atoms with Gasteiger partial charge in [-0.05, 0) is 26.7 Å². The molecule has 5 nitrogen and oxygen atoms in total. The number of halogens is 1. The van der Waals surface area contributed by atoms with Gasteiger partial charge >= 0.3 is 0 Å². The molecule has 2 rings (SSSR count). The van der Waals surface area contributed by atoms with Gasteiger partial charge in [-0.2, -0.15) is 0 Å². The van der Waals surface area contributed by atoms with E-state index in [9.17, 15) is 4.79 Å². The van der Waals surface area contributed by atoms with E-state index in [1.165, 1.54) is 12.4 Å². The summed E-state index contributed by atoms with van der Waals surface area (Å²) in [5.74, 6) is -0.0860. The second-order valence-electron chi connectivity index (χ2n) is 5.50. The van der Waals surface area contributed by atoms with Gasteiger partial charge in [-0.15, -0.1) is 0 Å². The van der Waals surface area contributed by atoms with E-state index in [1.54, 1.807) is 4.90 Å². The highest BCUT2D eigenvalue weighted by Gasteiger charge is 2.27. The highest BCUT2D eigenvalue weighted by atomic mass is 35.5. The highest BCUT2D eigenvalue weighted by Crippen LogP contribution is 2.18. The fourth-order valence-electron chi connectivity index (χ4n) is 2.56. The van der Waals surface area contributed by atoms with E-state index in [4.69, 9.17) is 11.6 Å². The highest BCUT2D eigenvalue weighted by molar-refractivity contribution is 6.29. The Morgan fingerprint density at radius 1 is 1.35 bits per heavy atom. The van der Waals surface area contributed by atoms with Gasteiger partial charge in [-0.1, -0.05) is 11.6 Å². The third kappa shape index (κ3) is 3.46. The van der Waals surface area contributed by atoms with Crippen LogP contribution in [0.3, 0.4) is 0 Å². The van der Waals surface area contributed by atoms with Crippen molar-refractivity contribution in [1.82, 2.24) is 19.8 Å². The number of amides is 1. The van der Waals surface area contributed by atoms with Gasteiger partial charge in [0.15, 0.2) is 0 Å². The molecule has 0 bridgehead atoms. The molecule has 0 saturated carbocycles. The molecule has 0 unspecified atom stereocenters. The molecular formula is C14H21ClN4O. The minimum absolute atomic E-state index is 0.0860. The topological polar surface area (TPSA) is 49.3 Å². The fourth-order valence-corrected chi connectivity index (χ4v) is 2.66. The fraction of sp³-hybridized carbons (Fsp3) is 0.643. The average molecular weight is 297 g/mol. The summed E-state index contributed by atoms with van der Waals surface area (Å²) >= 11 is 5.69. The molecule has 0 aromatic carbocycles. The lowest BCUT2D eigenvalue weighted by Gasteiger charge is -2.38. The largest absolute Gasteiger partial charge is 0.337 e. The van der Waals surface area contributed by atoms with Crippen LogP contribution in [0.2, 0.25) is 5.15 Å². The Hall–Kier alpha value is -1.20. The van der Waals surface area contributed by atoms with Crippen LogP contribution < -0.4 is 0 Å². The molecule has 0 aliphatic carbocycles. The summed E-state index contributed by atoms with van der Waals surface area (Å²) in [6.45, 7) is 6.48. The summed E-state index contributed by atoms with van der Waals surface area (Å²) in [5.41, 5.74) is 0.350. The van der Waals surface area contributed by atoms with Gasteiger partial charge in [-0.25, -0.2) is 9.97 Å².